The minimum absolute atomic E-state index is 0.0315. The SMILES string of the molecule is COCCOC1CCN(C(=O)[C@@H](OC)c2ccccc2)CC1. The van der Waals surface area contributed by atoms with Crippen LogP contribution in [0.4, 0.5) is 0 Å². The molecule has 122 valence electrons. The summed E-state index contributed by atoms with van der Waals surface area (Å²) >= 11 is 0. The number of carbonyl (C=O) groups excluding carboxylic acids is 1. The van der Waals surface area contributed by atoms with Gasteiger partial charge in [0.2, 0.25) is 0 Å². The molecule has 1 aliphatic heterocycles. The van der Waals surface area contributed by atoms with Gasteiger partial charge >= 0.3 is 0 Å². The van der Waals surface area contributed by atoms with Crippen molar-refractivity contribution in [1.29, 1.82) is 0 Å². The summed E-state index contributed by atoms with van der Waals surface area (Å²) in [6.45, 7) is 2.64. The number of amides is 1. The Morgan fingerprint density at radius 2 is 1.86 bits per heavy atom. The van der Waals surface area contributed by atoms with Crippen molar-refractivity contribution in [1.82, 2.24) is 4.90 Å². The van der Waals surface area contributed by atoms with E-state index in [1.807, 2.05) is 35.2 Å². The number of likely N-dealkylation sites (tertiary alicyclic amines) is 1. The predicted molar refractivity (Wildman–Crippen MR) is 83.6 cm³/mol. The van der Waals surface area contributed by atoms with Crippen molar-refractivity contribution in [3.8, 4) is 0 Å². The number of hydrogen-bond acceptors (Lipinski definition) is 4. The summed E-state index contributed by atoms with van der Waals surface area (Å²) in [4.78, 5) is 14.5. The molecule has 2 rings (SSSR count). The van der Waals surface area contributed by atoms with E-state index < -0.39 is 6.10 Å². The lowest BCUT2D eigenvalue weighted by molar-refractivity contribution is -0.145. The van der Waals surface area contributed by atoms with Gasteiger partial charge in [0.05, 0.1) is 19.3 Å². The highest BCUT2D eigenvalue weighted by molar-refractivity contribution is 5.82. The summed E-state index contributed by atoms with van der Waals surface area (Å²) in [5.41, 5.74) is 0.897. The molecule has 0 aromatic heterocycles. The molecular formula is C17H25NO4. The maximum absolute atomic E-state index is 12.6. The summed E-state index contributed by atoms with van der Waals surface area (Å²) in [6, 6.07) is 9.62. The third-order valence-electron chi connectivity index (χ3n) is 3.96. The molecule has 0 bridgehead atoms. The lowest BCUT2D eigenvalue weighted by Crippen LogP contribution is -2.43. The predicted octanol–water partition coefficient (Wildman–Crippen LogP) is 2.03. The number of carbonyl (C=O) groups is 1. The first kappa shape index (κ1) is 16.9. The van der Waals surface area contributed by atoms with Crippen LogP contribution >= 0.6 is 0 Å². The summed E-state index contributed by atoms with van der Waals surface area (Å²) in [7, 11) is 3.25. The van der Waals surface area contributed by atoms with Gasteiger partial charge < -0.3 is 19.1 Å². The lowest BCUT2D eigenvalue weighted by Gasteiger charge is -2.33. The largest absolute Gasteiger partial charge is 0.382 e. The Balaban J connectivity index is 1.86. The zero-order valence-electron chi connectivity index (χ0n) is 13.4. The number of hydrogen-bond donors (Lipinski definition) is 0. The molecule has 0 radical (unpaired) electrons. The van der Waals surface area contributed by atoms with Gasteiger partial charge in [-0.1, -0.05) is 30.3 Å². The molecule has 1 aromatic rings. The Kier molecular flexibility index (Phi) is 6.83. The quantitative estimate of drug-likeness (QED) is 0.723. The van der Waals surface area contributed by atoms with E-state index in [-0.39, 0.29) is 12.0 Å². The maximum atomic E-state index is 12.6. The molecule has 0 unspecified atom stereocenters. The standard InChI is InChI=1S/C17H25NO4/c1-20-12-13-22-15-8-10-18(11-9-15)17(19)16(21-2)14-6-4-3-5-7-14/h3-7,15-16H,8-13H2,1-2H3/t16-/m0/s1. The molecule has 1 heterocycles. The van der Waals surface area contributed by atoms with Crippen LogP contribution < -0.4 is 0 Å². The first-order chi connectivity index (χ1) is 10.8. The number of ether oxygens (including phenoxy) is 3. The lowest BCUT2D eigenvalue weighted by atomic mass is 10.0. The highest BCUT2D eigenvalue weighted by atomic mass is 16.5. The molecule has 1 saturated heterocycles. The van der Waals surface area contributed by atoms with Gasteiger partial charge in [-0.15, -0.1) is 0 Å². The summed E-state index contributed by atoms with van der Waals surface area (Å²) in [5, 5.41) is 0. The topological polar surface area (TPSA) is 48.0 Å². The normalized spacial score (nSPS) is 17.5. The van der Waals surface area contributed by atoms with E-state index in [9.17, 15) is 4.79 Å². The van der Waals surface area contributed by atoms with Crippen LogP contribution in [0, 0.1) is 0 Å². The molecule has 0 N–H and O–H groups in total. The van der Waals surface area contributed by atoms with Gasteiger partial charge in [0, 0.05) is 27.3 Å². The van der Waals surface area contributed by atoms with E-state index in [1.54, 1.807) is 14.2 Å². The van der Waals surface area contributed by atoms with Crippen LogP contribution in [-0.2, 0) is 19.0 Å². The van der Waals surface area contributed by atoms with Gasteiger partial charge in [-0.05, 0) is 18.4 Å². The van der Waals surface area contributed by atoms with Crippen LogP contribution in [-0.4, -0.2) is 57.4 Å². The van der Waals surface area contributed by atoms with E-state index in [4.69, 9.17) is 14.2 Å². The molecule has 1 amide bonds. The summed E-state index contributed by atoms with van der Waals surface area (Å²) in [6.07, 6.45) is 1.42. The monoisotopic (exact) mass is 307 g/mol. The number of piperidine rings is 1. The number of benzene rings is 1. The molecule has 1 atom stereocenters. The minimum atomic E-state index is -0.521. The molecular weight excluding hydrogens is 282 g/mol. The average molecular weight is 307 g/mol. The number of methoxy groups -OCH3 is 2. The van der Waals surface area contributed by atoms with Crippen molar-refractivity contribution in [3.05, 3.63) is 35.9 Å². The Morgan fingerprint density at radius 3 is 2.45 bits per heavy atom. The minimum Gasteiger partial charge on any atom is -0.382 e. The zero-order valence-corrected chi connectivity index (χ0v) is 13.4. The van der Waals surface area contributed by atoms with Crippen LogP contribution in [0.25, 0.3) is 0 Å². The Bertz CT molecular complexity index is 443. The molecule has 0 spiro atoms. The Morgan fingerprint density at radius 1 is 1.18 bits per heavy atom. The average Bonchev–Trinajstić information content (AvgIpc) is 2.57. The van der Waals surface area contributed by atoms with Crippen molar-refractivity contribution in [2.24, 2.45) is 0 Å². The zero-order chi connectivity index (χ0) is 15.8. The molecule has 5 heteroatoms. The van der Waals surface area contributed by atoms with Crippen molar-refractivity contribution in [3.63, 3.8) is 0 Å². The van der Waals surface area contributed by atoms with E-state index in [1.165, 1.54) is 0 Å². The first-order valence-electron chi connectivity index (χ1n) is 7.73. The fraction of sp³-hybridized carbons (Fsp3) is 0.588. The molecule has 22 heavy (non-hydrogen) atoms. The van der Waals surface area contributed by atoms with Crippen LogP contribution in [0.3, 0.4) is 0 Å². The van der Waals surface area contributed by atoms with Crippen LogP contribution in [0.5, 0.6) is 0 Å². The van der Waals surface area contributed by atoms with E-state index in [2.05, 4.69) is 0 Å². The Hall–Kier alpha value is -1.43. The van der Waals surface area contributed by atoms with E-state index in [0.29, 0.717) is 26.3 Å². The van der Waals surface area contributed by atoms with Gasteiger partial charge in [-0.3, -0.25) is 4.79 Å². The van der Waals surface area contributed by atoms with Gasteiger partial charge in [0.15, 0.2) is 6.10 Å². The van der Waals surface area contributed by atoms with E-state index >= 15 is 0 Å². The van der Waals surface area contributed by atoms with E-state index in [0.717, 1.165) is 18.4 Å². The third kappa shape index (κ3) is 4.53. The molecule has 1 aromatic carbocycles. The second-order valence-corrected chi connectivity index (χ2v) is 5.41. The molecule has 1 fully saturated rings. The summed E-state index contributed by atoms with van der Waals surface area (Å²) in [5.74, 6) is 0.0315. The molecule has 0 aliphatic carbocycles. The van der Waals surface area contributed by atoms with Crippen molar-refractivity contribution < 1.29 is 19.0 Å². The van der Waals surface area contributed by atoms with Crippen LogP contribution in [0.1, 0.15) is 24.5 Å². The van der Waals surface area contributed by atoms with Crippen molar-refractivity contribution in [2.45, 2.75) is 25.0 Å². The van der Waals surface area contributed by atoms with Crippen LogP contribution in [0.15, 0.2) is 30.3 Å². The molecule has 5 nitrogen and oxygen atoms in total. The molecule has 1 aliphatic rings. The maximum Gasteiger partial charge on any atom is 0.256 e. The number of rotatable bonds is 7. The fourth-order valence-electron chi connectivity index (χ4n) is 2.71. The summed E-state index contributed by atoms with van der Waals surface area (Å²) < 4.78 is 16.1. The number of nitrogens with zero attached hydrogens (tertiary/aromatic N) is 1. The van der Waals surface area contributed by atoms with Gasteiger partial charge in [-0.25, -0.2) is 0 Å². The van der Waals surface area contributed by atoms with Crippen LogP contribution in [0.2, 0.25) is 0 Å². The highest BCUT2D eigenvalue weighted by Crippen LogP contribution is 2.22. The first-order valence-corrected chi connectivity index (χ1v) is 7.73. The second-order valence-electron chi connectivity index (χ2n) is 5.41. The third-order valence-corrected chi connectivity index (χ3v) is 3.96. The van der Waals surface area contributed by atoms with Crippen molar-refractivity contribution in [2.75, 3.05) is 40.5 Å². The van der Waals surface area contributed by atoms with Gasteiger partial charge in [0.1, 0.15) is 0 Å². The highest BCUT2D eigenvalue weighted by Gasteiger charge is 2.29. The Labute approximate surface area is 132 Å². The van der Waals surface area contributed by atoms with Crippen molar-refractivity contribution >= 4 is 5.91 Å². The fourth-order valence-corrected chi connectivity index (χ4v) is 2.71. The smallest absolute Gasteiger partial charge is 0.256 e. The second kappa shape index (κ2) is 8.88. The van der Waals surface area contributed by atoms with Gasteiger partial charge in [-0.2, -0.15) is 0 Å². The molecule has 0 saturated carbocycles. The van der Waals surface area contributed by atoms with Gasteiger partial charge in [0.25, 0.3) is 5.91 Å².